The Bertz CT molecular complexity index is 1140. The standard InChI is InChI=1S/C23H18Cl2N2O5/c1-30-21-11-15(13-26-27-22(28)14-31-17-5-3-2-4-6-17)7-10-20(21)32-23(29)18-9-8-16(24)12-19(18)25/h2-13H,14H2,1H3,(H,27,28)/b26-13-. The molecule has 0 aliphatic rings. The number of rotatable bonds is 8. The maximum Gasteiger partial charge on any atom is 0.345 e. The number of benzene rings is 3. The van der Waals surface area contributed by atoms with Crippen LogP contribution in [0.25, 0.3) is 0 Å². The number of amides is 1. The molecule has 3 aromatic rings. The van der Waals surface area contributed by atoms with Crippen LogP contribution in [0.1, 0.15) is 15.9 Å². The van der Waals surface area contributed by atoms with Gasteiger partial charge in [-0.1, -0.05) is 41.4 Å². The van der Waals surface area contributed by atoms with Crippen LogP contribution in [0.2, 0.25) is 10.0 Å². The van der Waals surface area contributed by atoms with Crippen LogP contribution >= 0.6 is 23.2 Å². The van der Waals surface area contributed by atoms with Gasteiger partial charge in [0.2, 0.25) is 0 Å². The fraction of sp³-hybridized carbons (Fsp3) is 0.0870. The van der Waals surface area contributed by atoms with Crippen molar-refractivity contribution in [1.29, 1.82) is 0 Å². The largest absolute Gasteiger partial charge is 0.493 e. The Labute approximate surface area is 194 Å². The van der Waals surface area contributed by atoms with Gasteiger partial charge in [-0.3, -0.25) is 4.79 Å². The normalized spacial score (nSPS) is 10.6. The first-order valence-corrected chi connectivity index (χ1v) is 10.1. The van der Waals surface area contributed by atoms with Gasteiger partial charge in [0.05, 0.1) is 23.9 Å². The number of nitrogens with one attached hydrogen (secondary N) is 1. The Balaban J connectivity index is 1.59. The molecule has 3 rings (SSSR count). The predicted octanol–water partition coefficient (Wildman–Crippen LogP) is 4.75. The van der Waals surface area contributed by atoms with Crippen LogP contribution in [0.15, 0.2) is 71.8 Å². The predicted molar refractivity (Wildman–Crippen MR) is 122 cm³/mol. The van der Waals surface area contributed by atoms with E-state index in [9.17, 15) is 9.59 Å². The first-order valence-electron chi connectivity index (χ1n) is 9.31. The molecule has 0 bridgehead atoms. The average Bonchev–Trinajstić information content (AvgIpc) is 2.79. The van der Waals surface area contributed by atoms with Gasteiger partial charge in [-0.2, -0.15) is 5.10 Å². The van der Waals surface area contributed by atoms with Gasteiger partial charge in [0, 0.05) is 5.02 Å². The van der Waals surface area contributed by atoms with Crippen molar-refractivity contribution >= 4 is 41.3 Å². The average molecular weight is 473 g/mol. The Morgan fingerprint density at radius 1 is 1.00 bits per heavy atom. The minimum atomic E-state index is -0.655. The molecule has 3 aromatic carbocycles. The Hall–Kier alpha value is -3.55. The zero-order chi connectivity index (χ0) is 22.9. The number of carbonyl (C=O) groups is 2. The van der Waals surface area contributed by atoms with Crippen molar-refractivity contribution in [3.63, 3.8) is 0 Å². The molecule has 0 aliphatic heterocycles. The van der Waals surface area contributed by atoms with E-state index in [-0.39, 0.29) is 22.9 Å². The van der Waals surface area contributed by atoms with E-state index < -0.39 is 11.9 Å². The van der Waals surface area contributed by atoms with Crippen molar-refractivity contribution in [2.45, 2.75) is 0 Å². The number of hydrogen-bond donors (Lipinski definition) is 1. The van der Waals surface area contributed by atoms with Gasteiger partial charge in [0.1, 0.15) is 5.75 Å². The van der Waals surface area contributed by atoms with E-state index in [4.69, 9.17) is 37.4 Å². The fourth-order valence-electron chi connectivity index (χ4n) is 2.54. The molecule has 0 fully saturated rings. The van der Waals surface area contributed by atoms with Crippen LogP contribution in [-0.4, -0.2) is 31.8 Å². The smallest absolute Gasteiger partial charge is 0.345 e. The fourth-order valence-corrected chi connectivity index (χ4v) is 3.02. The molecule has 0 aromatic heterocycles. The molecule has 9 heteroatoms. The highest BCUT2D eigenvalue weighted by molar-refractivity contribution is 6.36. The van der Waals surface area contributed by atoms with Gasteiger partial charge in [-0.05, 0) is 54.1 Å². The summed E-state index contributed by atoms with van der Waals surface area (Å²) in [7, 11) is 1.44. The van der Waals surface area contributed by atoms with E-state index in [1.807, 2.05) is 18.2 Å². The van der Waals surface area contributed by atoms with Crippen LogP contribution in [0.4, 0.5) is 0 Å². The van der Waals surface area contributed by atoms with Crippen molar-refractivity contribution in [1.82, 2.24) is 5.43 Å². The van der Waals surface area contributed by atoms with Crippen LogP contribution in [0.5, 0.6) is 17.2 Å². The van der Waals surface area contributed by atoms with Gasteiger partial charge in [0.25, 0.3) is 5.91 Å². The molecule has 0 aliphatic carbocycles. The van der Waals surface area contributed by atoms with E-state index in [1.165, 1.54) is 25.5 Å². The topological polar surface area (TPSA) is 86.2 Å². The number of hydrazone groups is 1. The molecule has 0 saturated heterocycles. The lowest BCUT2D eigenvalue weighted by molar-refractivity contribution is -0.123. The van der Waals surface area contributed by atoms with Crippen LogP contribution in [0.3, 0.4) is 0 Å². The number of halogens is 2. The number of nitrogens with zero attached hydrogens (tertiary/aromatic N) is 1. The first-order chi connectivity index (χ1) is 15.5. The van der Waals surface area contributed by atoms with E-state index in [0.29, 0.717) is 22.1 Å². The minimum Gasteiger partial charge on any atom is -0.493 e. The number of methoxy groups -OCH3 is 1. The van der Waals surface area contributed by atoms with Crippen molar-refractivity contribution in [3.8, 4) is 17.2 Å². The number of para-hydroxylation sites is 1. The molecule has 32 heavy (non-hydrogen) atoms. The molecule has 0 spiro atoms. The molecule has 0 heterocycles. The summed E-state index contributed by atoms with van der Waals surface area (Å²) in [5.41, 5.74) is 3.15. The number of ether oxygens (including phenoxy) is 3. The summed E-state index contributed by atoms with van der Waals surface area (Å²) in [5, 5.41) is 4.48. The zero-order valence-corrected chi connectivity index (χ0v) is 18.4. The molecular weight excluding hydrogens is 455 g/mol. The van der Waals surface area contributed by atoms with Gasteiger partial charge < -0.3 is 14.2 Å². The van der Waals surface area contributed by atoms with Gasteiger partial charge in [-0.15, -0.1) is 0 Å². The molecule has 1 amide bonds. The lowest BCUT2D eigenvalue weighted by Crippen LogP contribution is -2.24. The second kappa shape index (κ2) is 11.2. The number of hydrogen-bond acceptors (Lipinski definition) is 6. The molecular formula is C23H18Cl2N2O5. The van der Waals surface area contributed by atoms with Crippen molar-refractivity contribution in [2.75, 3.05) is 13.7 Å². The summed E-state index contributed by atoms with van der Waals surface area (Å²) < 4.78 is 16.0. The third-order valence-corrected chi connectivity index (χ3v) is 4.61. The van der Waals surface area contributed by atoms with Gasteiger partial charge >= 0.3 is 5.97 Å². The summed E-state index contributed by atoms with van der Waals surface area (Å²) in [5.74, 6) is 0.00741. The lowest BCUT2D eigenvalue weighted by atomic mass is 10.2. The monoisotopic (exact) mass is 472 g/mol. The van der Waals surface area contributed by atoms with E-state index in [0.717, 1.165) is 0 Å². The van der Waals surface area contributed by atoms with Gasteiger partial charge in [-0.25, -0.2) is 10.2 Å². The minimum absolute atomic E-state index is 0.171. The Morgan fingerprint density at radius 3 is 2.50 bits per heavy atom. The number of carbonyl (C=O) groups excluding carboxylic acids is 2. The molecule has 0 atom stereocenters. The second-order valence-corrected chi connectivity index (χ2v) is 7.16. The van der Waals surface area contributed by atoms with Crippen molar-refractivity contribution < 1.29 is 23.8 Å². The SMILES string of the molecule is COc1cc(/C=N\NC(=O)COc2ccccc2)ccc1OC(=O)c1ccc(Cl)cc1Cl. The lowest BCUT2D eigenvalue weighted by Gasteiger charge is -2.10. The highest BCUT2D eigenvalue weighted by Gasteiger charge is 2.16. The van der Waals surface area contributed by atoms with Crippen LogP contribution in [-0.2, 0) is 4.79 Å². The van der Waals surface area contributed by atoms with Crippen LogP contribution in [0, 0.1) is 0 Å². The Kier molecular flexibility index (Phi) is 8.08. The summed E-state index contributed by atoms with van der Waals surface area (Å²) in [6.07, 6.45) is 1.42. The summed E-state index contributed by atoms with van der Waals surface area (Å²) in [6.45, 7) is -0.174. The third-order valence-electron chi connectivity index (χ3n) is 4.06. The third kappa shape index (κ3) is 6.47. The zero-order valence-electron chi connectivity index (χ0n) is 16.9. The molecule has 0 unspecified atom stereocenters. The van der Waals surface area contributed by atoms with E-state index in [1.54, 1.807) is 36.4 Å². The second-order valence-electron chi connectivity index (χ2n) is 6.32. The molecule has 7 nitrogen and oxygen atoms in total. The number of esters is 1. The molecule has 164 valence electrons. The highest BCUT2D eigenvalue weighted by Crippen LogP contribution is 2.29. The quantitative estimate of drug-likeness (QED) is 0.221. The molecule has 1 N–H and O–H groups in total. The highest BCUT2D eigenvalue weighted by atomic mass is 35.5. The van der Waals surface area contributed by atoms with E-state index >= 15 is 0 Å². The maximum atomic E-state index is 12.4. The first kappa shape index (κ1) is 23.1. The molecule has 0 saturated carbocycles. The van der Waals surface area contributed by atoms with Gasteiger partial charge in [0.15, 0.2) is 18.1 Å². The van der Waals surface area contributed by atoms with Crippen molar-refractivity contribution in [3.05, 3.63) is 87.9 Å². The Morgan fingerprint density at radius 2 is 1.78 bits per heavy atom. The van der Waals surface area contributed by atoms with E-state index in [2.05, 4.69) is 10.5 Å². The summed E-state index contributed by atoms with van der Waals surface area (Å²) >= 11 is 11.9. The molecule has 0 radical (unpaired) electrons. The summed E-state index contributed by atoms with van der Waals surface area (Å²) in [6, 6.07) is 18.2. The maximum absolute atomic E-state index is 12.4. The summed E-state index contributed by atoms with van der Waals surface area (Å²) in [4.78, 5) is 24.3. The van der Waals surface area contributed by atoms with Crippen LogP contribution < -0.4 is 19.6 Å². The van der Waals surface area contributed by atoms with Crippen molar-refractivity contribution in [2.24, 2.45) is 5.10 Å².